The molecule has 0 saturated carbocycles. The van der Waals surface area contributed by atoms with Crippen molar-refractivity contribution in [2.75, 3.05) is 45.9 Å². The Labute approximate surface area is 174 Å². The summed E-state index contributed by atoms with van der Waals surface area (Å²) in [6.45, 7) is 6.93. The minimum atomic E-state index is 0.180. The van der Waals surface area contributed by atoms with Crippen LogP contribution >= 0.6 is 0 Å². The third-order valence-corrected chi connectivity index (χ3v) is 6.69. The number of nitrogens with zero attached hydrogens (tertiary/aromatic N) is 2. The fourth-order valence-electron chi connectivity index (χ4n) is 4.86. The molecule has 6 heteroatoms. The Morgan fingerprint density at radius 1 is 1.14 bits per heavy atom. The highest BCUT2D eigenvalue weighted by molar-refractivity contribution is 5.78. The van der Waals surface area contributed by atoms with E-state index >= 15 is 0 Å². The minimum absolute atomic E-state index is 0.180. The van der Waals surface area contributed by atoms with E-state index in [1.807, 2.05) is 12.1 Å². The summed E-state index contributed by atoms with van der Waals surface area (Å²) in [5, 5.41) is 3.12. The van der Waals surface area contributed by atoms with E-state index in [-0.39, 0.29) is 17.9 Å². The number of carbonyl (C=O) groups excluding carboxylic acids is 1. The first-order valence-corrected chi connectivity index (χ1v) is 11.3. The summed E-state index contributed by atoms with van der Waals surface area (Å²) < 4.78 is 10.9. The highest BCUT2D eigenvalue weighted by Gasteiger charge is 2.30. The molecular weight excluding hydrogens is 366 g/mol. The minimum Gasteiger partial charge on any atom is -0.465 e. The van der Waals surface area contributed by atoms with Crippen LogP contribution in [0.5, 0.6) is 0 Å². The number of rotatable bonds is 7. The summed E-state index contributed by atoms with van der Waals surface area (Å²) in [6.07, 6.45) is 12.8. The number of hydrogen-bond donors (Lipinski definition) is 1. The van der Waals surface area contributed by atoms with Crippen LogP contribution in [0, 0.1) is 5.92 Å². The zero-order valence-electron chi connectivity index (χ0n) is 17.4. The molecule has 3 saturated heterocycles. The first kappa shape index (κ1) is 20.6. The molecular formula is C23H35N3O3. The van der Waals surface area contributed by atoms with Crippen LogP contribution in [0.2, 0.25) is 0 Å². The molecule has 160 valence electrons. The van der Waals surface area contributed by atoms with Gasteiger partial charge in [-0.1, -0.05) is 6.08 Å². The topological polar surface area (TPSA) is 58.0 Å². The Bertz CT molecular complexity index is 638. The van der Waals surface area contributed by atoms with Gasteiger partial charge in [-0.05, 0) is 82.9 Å². The zero-order valence-corrected chi connectivity index (χ0v) is 17.4. The average molecular weight is 402 g/mol. The highest BCUT2D eigenvalue weighted by Crippen LogP contribution is 2.24. The molecule has 1 aromatic heterocycles. The van der Waals surface area contributed by atoms with Gasteiger partial charge in [-0.2, -0.15) is 0 Å². The first-order valence-electron chi connectivity index (χ1n) is 11.3. The number of likely N-dealkylation sites (tertiary alicyclic amines) is 2. The van der Waals surface area contributed by atoms with Crippen molar-refractivity contribution in [3.05, 3.63) is 30.2 Å². The van der Waals surface area contributed by atoms with Gasteiger partial charge in [0.15, 0.2) is 0 Å². The SMILES string of the molecule is O=C(NC[C@@H]1CCCO1)C1CCN(C2CCN(C/C=C/c3ccco3)CC2)CC1. The molecule has 1 aromatic rings. The predicted molar refractivity (Wildman–Crippen MR) is 113 cm³/mol. The maximum Gasteiger partial charge on any atom is 0.223 e. The smallest absolute Gasteiger partial charge is 0.223 e. The number of furan rings is 1. The van der Waals surface area contributed by atoms with Gasteiger partial charge >= 0.3 is 0 Å². The molecule has 0 aromatic carbocycles. The van der Waals surface area contributed by atoms with E-state index in [0.29, 0.717) is 12.6 Å². The van der Waals surface area contributed by atoms with Gasteiger partial charge < -0.3 is 19.4 Å². The molecule has 0 aliphatic carbocycles. The number of piperidine rings is 2. The molecule has 3 aliphatic heterocycles. The lowest BCUT2D eigenvalue weighted by atomic mass is 9.92. The molecule has 3 fully saturated rings. The van der Waals surface area contributed by atoms with E-state index in [2.05, 4.69) is 27.3 Å². The van der Waals surface area contributed by atoms with Crippen LogP contribution in [0.15, 0.2) is 28.9 Å². The van der Waals surface area contributed by atoms with Gasteiger partial charge in [0.25, 0.3) is 0 Å². The van der Waals surface area contributed by atoms with E-state index in [4.69, 9.17) is 9.15 Å². The van der Waals surface area contributed by atoms with E-state index in [1.165, 1.54) is 12.8 Å². The van der Waals surface area contributed by atoms with Crippen LogP contribution in [0.1, 0.15) is 44.3 Å². The molecule has 1 atom stereocenters. The zero-order chi connectivity index (χ0) is 19.9. The molecule has 0 spiro atoms. The first-order chi connectivity index (χ1) is 14.3. The lowest BCUT2D eigenvalue weighted by molar-refractivity contribution is -0.127. The Hall–Kier alpha value is -1.63. The average Bonchev–Trinajstić information content (AvgIpc) is 3.47. The standard InChI is InChI=1S/C23H35N3O3/c27-23(24-18-22-6-3-17-29-22)19-7-14-26(15-8-19)20-9-12-25(13-10-20)11-1-4-21-5-2-16-28-21/h1-2,4-5,16,19-20,22H,3,6-15,17-18H2,(H,24,27)/b4-1+/t22-/m0/s1. The van der Waals surface area contributed by atoms with E-state index in [1.54, 1.807) is 6.26 Å². The third kappa shape index (κ3) is 5.93. The summed E-state index contributed by atoms with van der Waals surface area (Å²) in [4.78, 5) is 17.6. The number of carbonyl (C=O) groups is 1. The van der Waals surface area contributed by atoms with E-state index in [0.717, 1.165) is 70.8 Å². The maximum atomic E-state index is 12.5. The largest absolute Gasteiger partial charge is 0.465 e. The third-order valence-electron chi connectivity index (χ3n) is 6.69. The van der Waals surface area contributed by atoms with Gasteiger partial charge in [0.05, 0.1) is 12.4 Å². The molecule has 0 radical (unpaired) electrons. The van der Waals surface area contributed by atoms with E-state index in [9.17, 15) is 4.79 Å². The Morgan fingerprint density at radius 3 is 2.66 bits per heavy atom. The van der Waals surface area contributed by atoms with Gasteiger partial charge in [0.1, 0.15) is 5.76 Å². The fraction of sp³-hybridized carbons (Fsp3) is 0.696. The number of nitrogens with one attached hydrogen (secondary N) is 1. The van der Waals surface area contributed by atoms with Gasteiger partial charge in [-0.3, -0.25) is 9.69 Å². The number of amides is 1. The van der Waals surface area contributed by atoms with Crippen LogP contribution in [-0.2, 0) is 9.53 Å². The summed E-state index contributed by atoms with van der Waals surface area (Å²) in [7, 11) is 0. The summed E-state index contributed by atoms with van der Waals surface area (Å²) >= 11 is 0. The molecule has 0 bridgehead atoms. The molecule has 6 nitrogen and oxygen atoms in total. The normalized spacial score (nSPS) is 25.7. The molecule has 4 heterocycles. The summed E-state index contributed by atoms with van der Waals surface area (Å²) in [6, 6.07) is 4.58. The molecule has 1 N–H and O–H groups in total. The van der Waals surface area contributed by atoms with E-state index < -0.39 is 0 Å². The second-order valence-corrected chi connectivity index (χ2v) is 8.64. The van der Waals surface area contributed by atoms with Crippen LogP contribution in [0.3, 0.4) is 0 Å². The summed E-state index contributed by atoms with van der Waals surface area (Å²) in [5.74, 6) is 1.33. The molecule has 1 amide bonds. The van der Waals surface area contributed by atoms with Gasteiger partial charge in [-0.25, -0.2) is 0 Å². The van der Waals surface area contributed by atoms with Crippen molar-refractivity contribution in [3.63, 3.8) is 0 Å². The molecule has 29 heavy (non-hydrogen) atoms. The van der Waals surface area contributed by atoms with Crippen molar-refractivity contribution in [1.29, 1.82) is 0 Å². The van der Waals surface area contributed by atoms with Crippen molar-refractivity contribution < 1.29 is 13.9 Å². The van der Waals surface area contributed by atoms with Gasteiger partial charge in [0, 0.05) is 31.7 Å². The van der Waals surface area contributed by atoms with Crippen molar-refractivity contribution in [2.45, 2.75) is 50.7 Å². The maximum absolute atomic E-state index is 12.5. The second kappa shape index (κ2) is 10.4. The monoisotopic (exact) mass is 401 g/mol. The van der Waals surface area contributed by atoms with Crippen LogP contribution in [-0.4, -0.2) is 73.7 Å². The van der Waals surface area contributed by atoms with Crippen molar-refractivity contribution in [2.24, 2.45) is 5.92 Å². The molecule has 0 unspecified atom stereocenters. The van der Waals surface area contributed by atoms with Gasteiger partial charge in [0.2, 0.25) is 5.91 Å². The lowest BCUT2D eigenvalue weighted by Crippen LogP contribution is -2.49. The van der Waals surface area contributed by atoms with Crippen LogP contribution in [0.4, 0.5) is 0 Å². The molecule has 4 rings (SSSR count). The molecule has 3 aliphatic rings. The predicted octanol–water partition coefficient (Wildman–Crippen LogP) is 2.76. The van der Waals surface area contributed by atoms with Crippen LogP contribution in [0.25, 0.3) is 6.08 Å². The Balaban J connectivity index is 1.12. The highest BCUT2D eigenvalue weighted by atomic mass is 16.5. The quantitative estimate of drug-likeness (QED) is 0.761. The summed E-state index contributed by atoms with van der Waals surface area (Å²) in [5.41, 5.74) is 0. The van der Waals surface area contributed by atoms with Crippen molar-refractivity contribution >= 4 is 12.0 Å². The van der Waals surface area contributed by atoms with Crippen molar-refractivity contribution in [3.8, 4) is 0 Å². The second-order valence-electron chi connectivity index (χ2n) is 8.64. The van der Waals surface area contributed by atoms with Crippen LogP contribution < -0.4 is 5.32 Å². The van der Waals surface area contributed by atoms with Gasteiger partial charge in [-0.15, -0.1) is 0 Å². The number of hydrogen-bond acceptors (Lipinski definition) is 5. The Kier molecular flexibility index (Phi) is 7.41. The number of ether oxygens (including phenoxy) is 1. The Morgan fingerprint density at radius 2 is 1.97 bits per heavy atom. The van der Waals surface area contributed by atoms with Crippen molar-refractivity contribution in [1.82, 2.24) is 15.1 Å². The lowest BCUT2D eigenvalue weighted by Gasteiger charge is -2.41. The fourth-order valence-corrected chi connectivity index (χ4v) is 4.86.